The van der Waals surface area contributed by atoms with E-state index in [1.54, 1.807) is 6.07 Å². The van der Waals surface area contributed by atoms with Crippen molar-refractivity contribution in [3.05, 3.63) is 35.4 Å². The van der Waals surface area contributed by atoms with Gasteiger partial charge >= 0.3 is 0 Å². The lowest BCUT2D eigenvalue weighted by atomic mass is 9.63. The second-order valence-corrected chi connectivity index (χ2v) is 6.43. The first-order chi connectivity index (χ1) is 9.70. The van der Waals surface area contributed by atoms with Crippen LogP contribution in [0, 0.1) is 5.41 Å². The fourth-order valence-corrected chi connectivity index (χ4v) is 3.96. The van der Waals surface area contributed by atoms with E-state index in [2.05, 4.69) is 11.4 Å². The summed E-state index contributed by atoms with van der Waals surface area (Å²) in [6.07, 6.45) is 9.39. The zero-order valence-electron chi connectivity index (χ0n) is 12.0. The molecule has 1 unspecified atom stereocenters. The van der Waals surface area contributed by atoms with Crippen molar-refractivity contribution in [3.8, 4) is 0 Å². The van der Waals surface area contributed by atoms with E-state index in [1.807, 2.05) is 12.1 Å². The normalized spacial score (nSPS) is 23.7. The molecule has 0 heterocycles. The fraction of sp³-hybridized carbons (Fsp3) is 0.588. The molecule has 0 radical (unpaired) electrons. The molecule has 2 saturated carbocycles. The largest absolute Gasteiger partial charge is 0.366 e. The molecule has 1 amide bonds. The molecule has 3 nitrogen and oxygen atoms in total. The van der Waals surface area contributed by atoms with Crippen molar-refractivity contribution in [1.82, 2.24) is 5.32 Å². The molecule has 2 aliphatic rings. The van der Waals surface area contributed by atoms with Crippen LogP contribution < -0.4 is 11.1 Å². The van der Waals surface area contributed by atoms with E-state index in [0.717, 1.165) is 19.0 Å². The molecular formula is C17H24N2O. The second kappa shape index (κ2) is 5.57. The first-order valence-corrected chi connectivity index (χ1v) is 7.82. The minimum atomic E-state index is -0.344. The summed E-state index contributed by atoms with van der Waals surface area (Å²) in [7, 11) is 0. The zero-order valence-corrected chi connectivity index (χ0v) is 12.0. The van der Waals surface area contributed by atoms with E-state index in [1.165, 1.54) is 44.1 Å². The second-order valence-electron chi connectivity index (χ2n) is 6.43. The Labute approximate surface area is 120 Å². The average molecular weight is 272 g/mol. The minimum absolute atomic E-state index is 0.344. The summed E-state index contributed by atoms with van der Waals surface area (Å²) in [5.74, 6) is -0.344. The van der Waals surface area contributed by atoms with E-state index in [4.69, 9.17) is 5.73 Å². The molecule has 2 fully saturated rings. The topological polar surface area (TPSA) is 55.1 Å². The number of carbonyl (C=O) groups excluding carboxylic acids is 1. The molecule has 1 aromatic rings. The number of carbonyl (C=O) groups is 1. The van der Waals surface area contributed by atoms with Gasteiger partial charge in [0.2, 0.25) is 5.91 Å². The van der Waals surface area contributed by atoms with Gasteiger partial charge in [0.1, 0.15) is 0 Å². The molecule has 3 rings (SSSR count). The Bertz CT molecular complexity index is 492. The average Bonchev–Trinajstić information content (AvgIpc) is 2.94. The third kappa shape index (κ3) is 2.59. The highest BCUT2D eigenvalue weighted by Crippen LogP contribution is 2.53. The highest BCUT2D eigenvalue weighted by molar-refractivity contribution is 5.92. The molecule has 1 atom stereocenters. The van der Waals surface area contributed by atoms with Gasteiger partial charge in [-0.15, -0.1) is 0 Å². The monoisotopic (exact) mass is 272 g/mol. The lowest BCUT2D eigenvalue weighted by Crippen LogP contribution is -2.52. The van der Waals surface area contributed by atoms with Crippen LogP contribution in [0.5, 0.6) is 0 Å². The number of rotatable bonds is 5. The van der Waals surface area contributed by atoms with Gasteiger partial charge in [-0.1, -0.05) is 25.0 Å². The van der Waals surface area contributed by atoms with E-state index in [0.29, 0.717) is 11.0 Å². The molecule has 2 aliphatic carbocycles. The molecule has 108 valence electrons. The molecule has 3 N–H and O–H groups in total. The van der Waals surface area contributed by atoms with Gasteiger partial charge in [-0.05, 0) is 61.8 Å². The van der Waals surface area contributed by atoms with Crippen molar-refractivity contribution >= 4 is 5.91 Å². The Morgan fingerprint density at radius 3 is 2.75 bits per heavy atom. The van der Waals surface area contributed by atoms with Gasteiger partial charge in [-0.2, -0.15) is 0 Å². The summed E-state index contributed by atoms with van der Waals surface area (Å²) in [6.45, 7) is 0.995. The van der Waals surface area contributed by atoms with Gasteiger partial charge in [0, 0.05) is 11.6 Å². The van der Waals surface area contributed by atoms with Crippen LogP contribution in [-0.4, -0.2) is 18.5 Å². The van der Waals surface area contributed by atoms with Gasteiger partial charge in [0.05, 0.1) is 0 Å². The summed E-state index contributed by atoms with van der Waals surface area (Å²) < 4.78 is 0. The van der Waals surface area contributed by atoms with Crippen LogP contribution in [-0.2, 0) is 6.42 Å². The first kappa shape index (κ1) is 13.6. The number of nitrogens with one attached hydrogen (secondary N) is 1. The third-order valence-corrected chi connectivity index (χ3v) is 5.29. The molecule has 1 aromatic carbocycles. The maximum absolute atomic E-state index is 11.2. The quantitative estimate of drug-likeness (QED) is 0.865. The van der Waals surface area contributed by atoms with Crippen LogP contribution in [0.25, 0.3) is 0 Å². The number of amides is 1. The van der Waals surface area contributed by atoms with E-state index in [-0.39, 0.29) is 5.91 Å². The molecular weight excluding hydrogens is 248 g/mol. The van der Waals surface area contributed by atoms with E-state index in [9.17, 15) is 4.79 Å². The van der Waals surface area contributed by atoms with Crippen molar-refractivity contribution in [2.75, 3.05) is 6.54 Å². The number of benzene rings is 1. The van der Waals surface area contributed by atoms with Crippen LogP contribution in [0.2, 0.25) is 0 Å². The van der Waals surface area contributed by atoms with Crippen LogP contribution in [0.15, 0.2) is 24.3 Å². The summed E-state index contributed by atoms with van der Waals surface area (Å²) >= 11 is 0. The smallest absolute Gasteiger partial charge is 0.248 e. The summed E-state index contributed by atoms with van der Waals surface area (Å²) in [5.41, 5.74) is 7.75. The third-order valence-electron chi connectivity index (χ3n) is 5.29. The van der Waals surface area contributed by atoms with Crippen molar-refractivity contribution in [2.45, 2.75) is 51.0 Å². The van der Waals surface area contributed by atoms with E-state index < -0.39 is 0 Å². The molecule has 3 heteroatoms. The van der Waals surface area contributed by atoms with Crippen LogP contribution >= 0.6 is 0 Å². The molecule has 0 aliphatic heterocycles. The van der Waals surface area contributed by atoms with Crippen LogP contribution in [0.4, 0.5) is 0 Å². The van der Waals surface area contributed by atoms with Gasteiger partial charge in [0.25, 0.3) is 0 Å². The molecule has 0 bridgehead atoms. The SMILES string of the molecule is NC(=O)c1cccc(CCNC2CCC23CCCC3)c1. The minimum Gasteiger partial charge on any atom is -0.366 e. The lowest BCUT2D eigenvalue weighted by Gasteiger charge is -2.48. The standard InChI is InChI=1S/C17H24N2O/c18-16(20)14-5-3-4-13(12-14)7-11-19-15-6-10-17(15)8-1-2-9-17/h3-5,12,15,19H,1-2,6-11H2,(H2,18,20). The number of hydrogen-bond donors (Lipinski definition) is 2. The van der Waals surface area contributed by atoms with E-state index >= 15 is 0 Å². The molecule has 20 heavy (non-hydrogen) atoms. The van der Waals surface area contributed by atoms with Gasteiger partial charge in [-0.25, -0.2) is 0 Å². The van der Waals surface area contributed by atoms with Gasteiger partial charge < -0.3 is 11.1 Å². The molecule has 1 spiro atoms. The van der Waals surface area contributed by atoms with Crippen molar-refractivity contribution in [3.63, 3.8) is 0 Å². The predicted octanol–water partition coefficient (Wildman–Crippen LogP) is 2.64. The molecule has 0 aromatic heterocycles. The Balaban J connectivity index is 1.50. The van der Waals surface area contributed by atoms with Crippen LogP contribution in [0.1, 0.15) is 54.4 Å². The Morgan fingerprint density at radius 1 is 1.30 bits per heavy atom. The maximum atomic E-state index is 11.2. The Hall–Kier alpha value is -1.35. The Kier molecular flexibility index (Phi) is 3.79. The van der Waals surface area contributed by atoms with Crippen LogP contribution in [0.3, 0.4) is 0 Å². The molecule has 0 saturated heterocycles. The number of hydrogen-bond acceptors (Lipinski definition) is 2. The highest BCUT2D eigenvalue weighted by Gasteiger charge is 2.47. The zero-order chi connectivity index (χ0) is 14.0. The summed E-state index contributed by atoms with van der Waals surface area (Å²) in [6, 6.07) is 8.40. The summed E-state index contributed by atoms with van der Waals surface area (Å²) in [4.78, 5) is 11.2. The van der Waals surface area contributed by atoms with Gasteiger partial charge in [0.15, 0.2) is 0 Å². The number of nitrogens with two attached hydrogens (primary N) is 1. The first-order valence-electron chi connectivity index (χ1n) is 7.82. The van der Waals surface area contributed by atoms with Crippen molar-refractivity contribution in [2.24, 2.45) is 11.1 Å². The predicted molar refractivity (Wildman–Crippen MR) is 80.6 cm³/mol. The highest BCUT2D eigenvalue weighted by atomic mass is 16.1. The van der Waals surface area contributed by atoms with Gasteiger partial charge in [-0.3, -0.25) is 4.79 Å². The summed E-state index contributed by atoms with van der Waals surface area (Å²) in [5, 5.41) is 3.73. The fourth-order valence-electron chi connectivity index (χ4n) is 3.96. The number of primary amides is 1. The van der Waals surface area contributed by atoms with Crippen molar-refractivity contribution < 1.29 is 4.79 Å². The van der Waals surface area contributed by atoms with Crippen molar-refractivity contribution in [1.29, 1.82) is 0 Å². The lowest BCUT2D eigenvalue weighted by molar-refractivity contribution is 0.0735. The maximum Gasteiger partial charge on any atom is 0.248 e. The Morgan fingerprint density at radius 2 is 2.10 bits per heavy atom.